The van der Waals surface area contributed by atoms with Gasteiger partial charge in [-0.15, -0.1) is 0 Å². The zero-order valence-electron chi connectivity index (χ0n) is 13.2. The summed E-state index contributed by atoms with van der Waals surface area (Å²) < 4.78 is 37.1. The Morgan fingerprint density at radius 2 is 2.04 bits per heavy atom. The Balaban J connectivity index is 2.15. The molecule has 24 heavy (non-hydrogen) atoms. The van der Waals surface area contributed by atoms with Crippen molar-refractivity contribution in [1.82, 2.24) is 10.2 Å². The zero-order chi connectivity index (χ0) is 17.7. The molecule has 1 unspecified atom stereocenters. The number of benzene rings is 1. The van der Waals surface area contributed by atoms with Gasteiger partial charge in [-0.05, 0) is 12.1 Å². The third-order valence-electron chi connectivity index (χ3n) is 3.69. The number of ether oxygens (including phenoxy) is 2. The lowest BCUT2D eigenvalue weighted by atomic mass is 10.1. The summed E-state index contributed by atoms with van der Waals surface area (Å²) in [7, 11) is 1.18. The van der Waals surface area contributed by atoms with Gasteiger partial charge in [0.2, 0.25) is 0 Å². The van der Waals surface area contributed by atoms with Crippen molar-refractivity contribution >= 4 is 17.6 Å². The van der Waals surface area contributed by atoms with E-state index in [1.165, 1.54) is 7.11 Å². The molecule has 3 N–H and O–H groups in total. The van der Waals surface area contributed by atoms with Crippen molar-refractivity contribution in [3.05, 3.63) is 29.3 Å². The Morgan fingerprint density at radius 3 is 2.67 bits per heavy atom. The van der Waals surface area contributed by atoms with Crippen molar-refractivity contribution < 1.29 is 27.8 Å². The minimum atomic E-state index is -1.36. The highest BCUT2D eigenvalue weighted by atomic mass is 19.2. The van der Waals surface area contributed by atoms with Gasteiger partial charge in [0, 0.05) is 25.3 Å². The molecule has 1 heterocycles. The number of nitrogen functional groups attached to an aromatic ring is 1. The second kappa shape index (κ2) is 8.02. The number of morpholine rings is 1. The molecule has 0 saturated carbocycles. The third-order valence-corrected chi connectivity index (χ3v) is 3.69. The molecule has 132 valence electrons. The lowest BCUT2D eigenvalue weighted by Crippen LogP contribution is -2.51. The summed E-state index contributed by atoms with van der Waals surface area (Å²) in [4.78, 5) is 26.1. The molecule has 9 heteroatoms. The molecule has 1 atom stereocenters. The lowest BCUT2D eigenvalue weighted by molar-refractivity contribution is -0.143. The molecule has 0 aliphatic carbocycles. The molecule has 0 spiro atoms. The molecule has 1 aromatic rings. The number of amides is 1. The van der Waals surface area contributed by atoms with E-state index in [4.69, 9.17) is 10.5 Å². The lowest BCUT2D eigenvalue weighted by Gasteiger charge is -2.29. The van der Waals surface area contributed by atoms with Crippen molar-refractivity contribution in [3.63, 3.8) is 0 Å². The Labute approximate surface area is 137 Å². The molecule has 0 aromatic heterocycles. The summed E-state index contributed by atoms with van der Waals surface area (Å²) in [5.74, 6) is -4.22. The number of nitrogens with two attached hydrogens (primary N) is 1. The maximum absolute atomic E-state index is 13.8. The quantitative estimate of drug-likeness (QED) is 0.584. The number of nitrogens with zero attached hydrogens (tertiary/aromatic N) is 1. The van der Waals surface area contributed by atoms with Crippen LogP contribution in [-0.2, 0) is 14.3 Å². The van der Waals surface area contributed by atoms with E-state index in [0.717, 1.165) is 12.1 Å². The number of nitrogens with one attached hydrogen (secondary N) is 1. The molecule has 2 rings (SSSR count). The topological polar surface area (TPSA) is 93.9 Å². The van der Waals surface area contributed by atoms with Crippen LogP contribution in [0.5, 0.6) is 0 Å². The van der Waals surface area contributed by atoms with Gasteiger partial charge in [0.05, 0.1) is 20.3 Å². The number of halogens is 2. The Hall–Kier alpha value is -2.26. The number of anilines is 1. The fourth-order valence-electron chi connectivity index (χ4n) is 2.39. The van der Waals surface area contributed by atoms with E-state index >= 15 is 0 Å². The van der Waals surface area contributed by atoms with Gasteiger partial charge in [0.15, 0.2) is 11.6 Å². The van der Waals surface area contributed by atoms with E-state index in [0.29, 0.717) is 26.3 Å². The summed E-state index contributed by atoms with van der Waals surface area (Å²) in [5, 5.41) is 2.36. The summed E-state index contributed by atoms with van der Waals surface area (Å²) >= 11 is 0. The Morgan fingerprint density at radius 1 is 1.38 bits per heavy atom. The smallest absolute Gasteiger partial charge is 0.329 e. The van der Waals surface area contributed by atoms with Crippen LogP contribution < -0.4 is 11.1 Å². The largest absolute Gasteiger partial charge is 0.467 e. The van der Waals surface area contributed by atoms with Gasteiger partial charge in [0.1, 0.15) is 11.6 Å². The molecule has 1 aliphatic heterocycles. The van der Waals surface area contributed by atoms with Gasteiger partial charge in [-0.2, -0.15) is 0 Å². The van der Waals surface area contributed by atoms with Crippen molar-refractivity contribution in [3.8, 4) is 0 Å². The first-order chi connectivity index (χ1) is 11.4. The first-order valence-corrected chi connectivity index (χ1v) is 7.36. The molecule has 0 bridgehead atoms. The average molecular weight is 343 g/mol. The zero-order valence-corrected chi connectivity index (χ0v) is 13.2. The van der Waals surface area contributed by atoms with Crippen molar-refractivity contribution in [1.29, 1.82) is 0 Å². The molecule has 0 radical (unpaired) electrons. The fraction of sp³-hybridized carbons (Fsp3) is 0.467. The van der Waals surface area contributed by atoms with E-state index in [9.17, 15) is 18.4 Å². The van der Waals surface area contributed by atoms with Crippen molar-refractivity contribution in [2.75, 3.05) is 45.7 Å². The average Bonchev–Trinajstić information content (AvgIpc) is 2.58. The minimum Gasteiger partial charge on any atom is -0.467 e. The highest BCUT2D eigenvalue weighted by Gasteiger charge is 2.28. The summed E-state index contributed by atoms with van der Waals surface area (Å²) in [6, 6.07) is 0.873. The summed E-state index contributed by atoms with van der Waals surface area (Å²) in [6.45, 7) is 2.35. The molecule has 1 fully saturated rings. The Kier molecular flexibility index (Phi) is 6.04. The highest BCUT2D eigenvalue weighted by molar-refractivity contribution is 6.01. The summed E-state index contributed by atoms with van der Waals surface area (Å²) in [5.41, 5.74) is 4.69. The second-order valence-electron chi connectivity index (χ2n) is 5.29. The summed E-state index contributed by atoms with van der Waals surface area (Å²) in [6.07, 6.45) is 0. The van der Waals surface area contributed by atoms with Gasteiger partial charge in [-0.25, -0.2) is 13.6 Å². The van der Waals surface area contributed by atoms with E-state index < -0.39 is 35.1 Å². The van der Waals surface area contributed by atoms with E-state index in [-0.39, 0.29) is 12.2 Å². The number of carbonyl (C=O) groups excluding carboxylic acids is 2. The molecule has 1 saturated heterocycles. The second-order valence-corrected chi connectivity index (χ2v) is 5.29. The van der Waals surface area contributed by atoms with Crippen LogP contribution in [0.3, 0.4) is 0 Å². The molecule has 1 amide bonds. The number of carbonyl (C=O) groups is 2. The maximum atomic E-state index is 13.8. The van der Waals surface area contributed by atoms with Crippen LogP contribution in [0.15, 0.2) is 12.1 Å². The van der Waals surface area contributed by atoms with Crippen LogP contribution in [0.2, 0.25) is 0 Å². The van der Waals surface area contributed by atoms with Crippen LogP contribution in [-0.4, -0.2) is 62.8 Å². The SMILES string of the molecule is COC(=O)C(CN1CCOCC1)NC(=O)c1c(N)ccc(F)c1F. The molecule has 7 nitrogen and oxygen atoms in total. The normalized spacial score (nSPS) is 16.5. The maximum Gasteiger partial charge on any atom is 0.329 e. The fourth-order valence-corrected chi connectivity index (χ4v) is 2.39. The van der Waals surface area contributed by atoms with Gasteiger partial charge < -0.3 is 20.5 Å². The van der Waals surface area contributed by atoms with E-state index in [1.54, 1.807) is 0 Å². The third kappa shape index (κ3) is 4.18. The van der Waals surface area contributed by atoms with Crippen molar-refractivity contribution in [2.24, 2.45) is 0 Å². The van der Waals surface area contributed by atoms with Gasteiger partial charge >= 0.3 is 5.97 Å². The van der Waals surface area contributed by atoms with Gasteiger partial charge in [-0.3, -0.25) is 9.69 Å². The first kappa shape index (κ1) is 18.1. The van der Waals surface area contributed by atoms with Crippen LogP contribution in [0.25, 0.3) is 0 Å². The van der Waals surface area contributed by atoms with E-state index in [1.807, 2.05) is 4.90 Å². The minimum absolute atomic E-state index is 0.165. The van der Waals surface area contributed by atoms with Crippen LogP contribution in [0.1, 0.15) is 10.4 Å². The van der Waals surface area contributed by atoms with Crippen LogP contribution in [0, 0.1) is 11.6 Å². The van der Waals surface area contributed by atoms with Crippen LogP contribution >= 0.6 is 0 Å². The predicted octanol–water partition coefficient (Wildman–Crippen LogP) is 0.151. The number of rotatable bonds is 5. The molecule has 1 aliphatic rings. The first-order valence-electron chi connectivity index (χ1n) is 7.36. The standard InChI is InChI=1S/C15H19F2N3O4/c1-23-15(22)11(8-20-4-6-24-7-5-20)19-14(21)12-10(18)3-2-9(16)13(12)17/h2-3,11H,4-8,18H2,1H3,(H,19,21). The Bertz CT molecular complexity index is 621. The molecule has 1 aromatic carbocycles. The number of hydrogen-bond acceptors (Lipinski definition) is 6. The molecular formula is C15H19F2N3O4. The van der Waals surface area contributed by atoms with Crippen LogP contribution in [0.4, 0.5) is 14.5 Å². The monoisotopic (exact) mass is 343 g/mol. The number of hydrogen-bond donors (Lipinski definition) is 2. The van der Waals surface area contributed by atoms with Crippen molar-refractivity contribution in [2.45, 2.75) is 6.04 Å². The molecular weight excluding hydrogens is 324 g/mol. The number of methoxy groups -OCH3 is 1. The number of esters is 1. The predicted molar refractivity (Wildman–Crippen MR) is 81.3 cm³/mol. The van der Waals surface area contributed by atoms with E-state index in [2.05, 4.69) is 10.1 Å². The van der Waals surface area contributed by atoms with Gasteiger partial charge in [0.25, 0.3) is 5.91 Å². The van der Waals surface area contributed by atoms with Gasteiger partial charge in [-0.1, -0.05) is 0 Å². The highest BCUT2D eigenvalue weighted by Crippen LogP contribution is 2.19.